The minimum absolute atomic E-state index is 0. The van der Waals surface area contributed by atoms with Crippen molar-refractivity contribution in [3.8, 4) is 23.3 Å². The Bertz CT molecular complexity index is 550. The van der Waals surface area contributed by atoms with Gasteiger partial charge in [0, 0.05) is 22.4 Å². The third-order valence-electron chi connectivity index (χ3n) is 2.47. The minimum Gasteiger partial charge on any atom is -0.693 e. The second-order valence-electron chi connectivity index (χ2n) is 3.71. The molecule has 0 saturated heterocycles. The van der Waals surface area contributed by atoms with Crippen LogP contribution in [0, 0.1) is 32.1 Å². The third-order valence-corrected chi connectivity index (χ3v) is 2.47. The molecule has 0 bridgehead atoms. The van der Waals surface area contributed by atoms with Crippen molar-refractivity contribution in [2.45, 2.75) is 0 Å². The van der Waals surface area contributed by atoms with Crippen LogP contribution in [0.3, 0.4) is 0 Å². The molecule has 2 aromatic carbocycles. The minimum atomic E-state index is 0. The van der Waals surface area contributed by atoms with Crippen LogP contribution in [0.1, 0.15) is 11.1 Å². The fourth-order valence-corrected chi connectivity index (χ4v) is 1.35. The normalized spacial score (nSPS) is 7.30. The van der Waals surface area contributed by atoms with Crippen LogP contribution < -0.4 is 9.47 Å². The maximum Gasteiger partial charge on any atom is 0.115 e. The molecule has 23 heavy (non-hydrogen) atoms. The van der Waals surface area contributed by atoms with Gasteiger partial charge in [-0.05, 0) is 24.3 Å². The average Bonchev–Trinajstić information content (AvgIpc) is 2.55. The first-order chi connectivity index (χ1) is 9.73. The van der Waals surface area contributed by atoms with Crippen molar-refractivity contribution in [3.05, 3.63) is 86.1 Å². The molecule has 0 aliphatic rings. The van der Waals surface area contributed by atoms with Gasteiger partial charge in [-0.1, -0.05) is 0 Å². The largest absolute Gasteiger partial charge is 0.693 e. The van der Waals surface area contributed by atoms with Gasteiger partial charge in [-0.15, -0.1) is 35.4 Å². The summed E-state index contributed by atoms with van der Waals surface area (Å²) in [5.74, 6) is 6.15. The first kappa shape index (κ1) is 25.8. The van der Waals surface area contributed by atoms with Crippen molar-refractivity contribution in [2.75, 3.05) is 14.2 Å². The van der Waals surface area contributed by atoms with E-state index in [1.165, 1.54) is 0 Å². The smallest absolute Gasteiger partial charge is 0.115 e. The fraction of sp³-hybridized carbons (Fsp3) is 0.105. The molecule has 0 fully saturated rings. The van der Waals surface area contributed by atoms with Crippen molar-refractivity contribution in [1.82, 2.24) is 0 Å². The Morgan fingerprint density at radius 1 is 0.696 bits per heavy atom. The molecule has 127 valence electrons. The van der Waals surface area contributed by atoms with E-state index in [0.717, 1.165) is 22.6 Å². The van der Waals surface area contributed by atoms with Crippen LogP contribution in [0.2, 0.25) is 0 Å². The van der Waals surface area contributed by atoms with E-state index in [0.29, 0.717) is 0 Å². The van der Waals surface area contributed by atoms with E-state index in [2.05, 4.69) is 11.8 Å². The average molecular weight is 490 g/mol. The van der Waals surface area contributed by atoms with Crippen molar-refractivity contribution < 1.29 is 31.9 Å². The summed E-state index contributed by atoms with van der Waals surface area (Å²) in [6.45, 7) is 0. The summed E-state index contributed by atoms with van der Waals surface area (Å²) in [4.78, 5) is 0. The van der Waals surface area contributed by atoms with Gasteiger partial charge < -0.3 is 35.9 Å². The summed E-state index contributed by atoms with van der Waals surface area (Å²) in [5, 5.41) is 0. The number of hydrogen-bond acceptors (Lipinski definition) is 2. The van der Waals surface area contributed by atoms with E-state index in [1.54, 1.807) is 62.8 Å². The first-order valence-corrected chi connectivity index (χ1v) is 5.87. The van der Waals surface area contributed by atoms with Crippen LogP contribution in [0.5, 0.6) is 11.5 Å². The molecule has 0 amide bonds. The molecule has 2 N–H and O–H groups in total. The molecule has 0 aromatic heterocycles. The molecular weight excluding hydrogens is 471 g/mol. The summed E-state index contributed by atoms with van der Waals surface area (Å²) < 4.78 is 9.85. The molecule has 2 aromatic rings. The molecule has 0 unspecified atom stereocenters. The molecule has 3 nitrogen and oxygen atoms in total. The van der Waals surface area contributed by atoms with Crippen LogP contribution in [0.4, 0.5) is 0 Å². The summed E-state index contributed by atoms with van der Waals surface area (Å²) in [5.41, 5.74) is 1.53. The summed E-state index contributed by atoms with van der Waals surface area (Å²) in [6.07, 6.45) is 13.6. The SMILES string of the molecule is [Au].[C-]#Cc1ccc(OC)cc1.[C-]#Cc1ccc(OC)cc1.[CH3-].[NH2-]. The van der Waals surface area contributed by atoms with Crippen molar-refractivity contribution in [1.29, 1.82) is 0 Å². The van der Waals surface area contributed by atoms with Crippen LogP contribution in [0.25, 0.3) is 6.15 Å². The number of benzene rings is 2. The molecule has 1 radical (unpaired) electrons. The molecule has 0 spiro atoms. The van der Waals surface area contributed by atoms with Gasteiger partial charge >= 0.3 is 0 Å². The van der Waals surface area contributed by atoms with Crippen LogP contribution in [0.15, 0.2) is 48.5 Å². The van der Waals surface area contributed by atoms with E-state index in [-0.39, 0.29) is 36.0 Å². The second kappa shape index (κ2) is 14.8. The van der Waals surface area contributed by atoms with Gasteiger partial charge in [-0.3, -0.25) is 11.8 Å². The molecule has 4 heteroatoms. The van der Waals surface area contributed by atoms with Crippen molar-refractivity contribution in [2.24, 2.45) is 0 Å². The predicted molar refractivity (Wildman–Crippen MR) is 90.2 cm³/mol. The zero-order valence-electron chi connectivity index (χ0n) is 13.3. The number of nitrogens with two attached hydrogens (primary N) is 1. The molecule has 2 rings (SSSR count). The Labute approximate surface area is 155 Å². The van der Waals surface area contributed by atoms with E-state index < -0.39 is 0 Å². The summed E-state index contributed by atoms with van der Waals surface area (Å²) >= 11 is 0. The Balaban J connectivity index is -0.000000308. The third kappa shape index (κ3) is 9.47. The van der Waals surface area contributed by atoms with Gasteiger partial charge in [-0.2, -0.15) is 0 Å². The van der Waals surface area contributed by atoms with E-state index in [4.69, 9.17) is 22.3 Å². The van der Waals surface area contributed by atoms with Gasteiger partial charge in [0.2, 0.25) is 0 Å². The number of hydrogen-bond donors (Lipinski definition) is 0. The number of rotatable bonds is 2. The molecule has 0 atom stereocenters. The molecule has 0 aliphatic heterocycles. The van der Waals surface area contributed by atoms with Gasteiger partial charge in [0.25, 0.3) is 0 Å². The van der Waals surface area contributed by atoms with Gasteiger partial charge in [0.05, 0.1) is 14.2 Å². The van der Waals surface area contributed by atoms with E-state index in [9.17, 15) is 0 Å². The Morgan fingerprint density at radius 2 is 0.957 bits per heavy atom. The Morgan fingerprint density at radius 3 is 1.13 bits per heavy atom. The predicted octanol–water partition coefficient (Wildman–Crippen LogP) is 4.43. The van der Waals surface area contributed by atoms with Gasteiger partial charge in [0.15, 0.2) is 0 Å². The Hall–Kier alpha value is -2.14. The number of methoxy groups -OCH3 is 2. The van der Waals surface area contributed by atoms with Crippen LogP contribution >= 0.6 is 0 Å². The maximum atomic E-state index is 6.78. The quantitative estimate of drug-likeness (QED) is 0.356. The zero-order valence-corrected chi connectivity index (χ0v) is 15.5. The Kier molecular flexibility index (Phi) is 16.6. The first-order valence-electron chi connectivity index (χ1n) is 5.87. The molecular formula is C19H19AuNO2-4. The molecule has 0 heterocycles. The van der Waals surface area contributed by atoms with E-state index in [1.807, 2.05) is 0 Å². The van der Waals surface area contributed by atoms with Crippen molar-refractivity contribution >= 4 is 0 Å². The topological polar surface area (TPSA) is 52.0 Å². The number of ether oxygens (including phenoxy) is 2. The zero-order chi connectivity index (χ0) is 14.8. The summed E-state index contributed by atoms with van der Waals surface area (Å²) in [6, 6.07) is 14.3. The van der Waals surface area contributed by atoms with Gasteiger partial charge in [0.1, 0.15) is 11.5 Å². The monoisotopic (exact) mass is 490 g/mol. The van der Waals surface area contributed by atoms with Gasteiger partial charge in [-0.25, -0.2) is 0 Å². The van der Waals surface area contributed by atoms with Crippen LogP contribution in [-0.2, 0) is 22.4 Å². The molecule has 0 aliphatic carbocycles. The maximum absolute atomic E-state index is 6.78. The fourth-order valence-electron chi connectivity index (χ4n) is 1.35. The van der Waals surface area contributed by atoms with E-state index >= 15 is 0 Å². The van der Waals surface area contributed by atoms with Crippen LogP contribution in [-0.4, -0.2) is 14.2 Å². The standard InChI is InChI=1S/2C9H7O.CH3.Au.H2N/c2*1-3-8-4-6-9(10-2)7-5-8;;;/h2*4-7H,2H3;1H3;;1H2/q3*-1;;-1. The molecule has 0 saturated carbocycles. The second-order valence-corrected chi connectivity index (χ2v) is 3.71. The van der Waals surface area contributed by atoms with Crippen molar-refractivity contribution in [3.63, 3.8) is 0 Å². The summed E-state index contributed by atoms with van der Waals surface area (Å²) in [7, 11) is 3.23.